The summed E-state index contributed by atoms with van der Waals surface area (Å²) in [6.07, 6.45) is 14.9. The highest BCUT2D eigenvalue weighted by Crippen LogP contribution is 2.66. The maximum Gasteiger partial charge on any atom is 0.102 e. The topological polar surface area (TPSA) is 82.1 Å². The van der Waals surface area contributed by atoms with E-state index in [1.54, 1.807) is 17.1 Å². The Bertz CT molecular complexity index is 888. The molecule has 9 atom stereocenters. The molecule has 4 saturated carbocycles. The number of aromatic nitrogens is 2. The Hall–Kier alpha value is -1.38. The van der Waals surface area contributed by atoms with E-state index in [1.807, 2.05) is 6.92 Å². The van der Waals surface area contributed by atoms with Crippen molar-refractivity contribution in [1.82, 2.24) is 9.78 Å². The van der Waals surface area contributed by atoms with Gasteiger partial charge in [0.1, 0.15) is 6.07 Å². The second-order valence-corrected chi connectivity index (χ2v) is 12.3. The molecule has 1 aromatic rings. The van der Waals surface area contributed by atoms with Crippen molar-refractivity contribution in [2.24, 2.45) is 40.9 Å². The van der Waals surface area contributed by atoms with Crippen LogP contribution in [0.1, 0.15) is 90.5 Å². The van der Waals surface area contributed by atoms with E-state index in [9.17, 15) is 10.2 Å². The minimum absolute atomic E-state index is 0.182. The molecule has 1 heterocycles. The summed E-state index contributed by atoms with van der Waals surface area (Å²) in [5.74, 6) is 4.11. The lowest BCUT2D eigenvalue weighted by molar-refractivity contribution is -0.129. The van der Waals surface area contributed by atoms with Crippen molar-refractivity contribution in [2.45, 2.75) is 103 Å². The summed E-state index contributed by atoms with van der Waals surface area (Å²) in [4.78, 5) is 0. The molecule has 176 valence electrons. The molecule has 2 N–H and O–H groups in total. The Balaban J connectivity index is 1.32. The molecule has 2 unspecified atom stereocenters. The number of nitrogens with zero attached hydrogens (tertiary/aromatic N) is 3. The van der Waals surface area contributed by atoms with E-state index in [1.165, 1.54) is 38.5 Å². The van der Waals surface area contributed by atoms with Crippen molar-refractivity contribution in [3.63, 3.8) is 0 Å². The van der Waals surface area contributed by atoms with Gasteiger partial charge in [-0.2, -0.15) is 10.4 Å². The van der Waals surface area contributed by atoms with Gasteiger partial charge in [-0.25, -0.2) is 0 Å². The number of rotatable bonds is 4. The van der Waals surface area contributed by atoms with Crippen LogP contribution in [0.15, 0.2) is 12.4 Å². The first-order chi connectivity index (χ1) is 15.2. The molecule has 0 aromatic carbocycles. The number of fused-ring (bicyclic) bond motifs is 5. The van der Waals surface area contributed by atoms with Crippen molar-refractivity contribution >= 4 is 0 Å². The van der Waals surface area contributed by atoms with Crippen molar-refractivity contribution in [1.29, 1.82) is 5.26 Å². The fraction of sp³-hybridized carbons (Fsp3) is 0.852. The molecule has 5 heteroatoms. The van der Waals surface area contributed by atoms with E-state index < -0.39 is 11.2 Å². The predicted molar refractivity (Wildman–Crippen MR) is 123 cm³/mol. The summed E-state index contributed by atoms with van der Waals surface area (Å²) >= 11 is 0. The Morgan fingerprint density at radius 2 is 1.94 bits per heavy atom. The highest BCUT2D eigenvalue weighted by molar-refractivity contribution is 5.21. The van der Waals surface area contributed by atoms with Crippen molar-refractivity contribution < 1.29 is 10.2 Å². The number of aliphatic hydroxyl groups is 2. The molecule has 4 aliphatic rings. The first-order valence-electron chi connectivity index (χ1n) is 13.1. The van der Waals surface area contributed by atoms with Gasteiger partial charge in [0.25, 0.3) is 0 Å². The molecular formula is C27H41N3O2. The van der Waals surface area contributed by atoms with Gasteiger partial charge in [-0.3, -0.25) is 4.68 Å². The normalized spacial score (nSPS) is 45.2. The van der Waals surface area contributed by atoms with Crippen LogP contribution in [-0.4, -0.2) is 31.2 Å². The quantitative estimate of drug-likeness (QED) is 0.698. The third kappa shape index (κ3) is 3.53. The highest BCUT2D eigenvalue weighted by Gasteiger charge is 2.60. The molecule has 5 rings (SSSR count). The van der Waals surface area contributed by atoms with Crippen LogP contribution in [0.3, 0.4) is 0 Å². The molecule has 0 amide bonds. The van der Waals surface area contributed by atoms with E-state index in [0.29, 0.717) is 23.9 Å². The molecule has 0 saturated heterocycles. The van der Waals surface area contributed by atoms with Crippen LogP contribution in [0, 0.1) is 52.3 Å². The lowest BCUT2D eigenvalue weighted by Crippen LogP contribution is -2.53. The third-order valence-corrected chi connectivity index (χ3v) is 10.8. The van der Waals surface area contributed by atoms with E-state index in [0.717, 1.165) is 43.4 Å². The predicted octanol–water partition coefficient (Wildman–Crippen LogP) is 4.92. The van der Waals surface area contributed by atoms with Gasteiger partial charge in [-0.15, -0.1) is 0 Å². The van der Waals surface area contributed by atoms with Crippen molar-refractivity contribution in [3.05, 3.63) is 18.0 Å². The largest absolute Gasteiger partial charge is 0.390 e. The maximum atomic E-state index is 11.7. The van der Waals surface area contributed by atoms with Gasteiger partial charge in [0.15, 0.2) is 0 Å². The number of hydrogen-bond donors (Lipinski definition) is 2. The molecule has 5 nitrogen and oxygen atoms in total. The van der Waals surface area contributed by atoms with Gasteiger partial charge < -0.3 is 10.2 Å². The SMILES string of the molecule is CC[C@@]1(O)CC[C@H]2[C@H](CC[C@@H]3[C@@H]2CC[C@]2(C)C(C(C)(O)Cn4cc(C#N)cn4)CC[C@@H]32)C1. The monoisotopic (exact) mass is 439 g/mol. The van der Waals surface area contributed by atoms with Crippen LogP contribution in [0.5, 0.6) is 0 Å². The Morgan fingerprint density at radius 3 is 2.66 bits per heavy atom. The van der Waals surface area contributed by atoms with Crippen LogP contribution in [0.25, 0.3) is 0 Å². The molecule has 0 aliphatic heterocycles. The summed E-state index contributed by atoms with van der Waals surface area (Å²) < 4.78 is 1.75. The zero-order valence-corrected chi connectivity index (χ0v) is 20.1. The van der Waals surface area contributed by atoms with E-state index in [2.05, 4.69) is 25.0 Å². The molecule has 0 spiro atoms. The van der Waals surface area contributed by atoms with Crippen molar-refractivity contribution in [3.8, 4) is 6.07 Å². The zero-order valence-electron chi connectivity index (χ0n) is 20.1. The lowest BCUT2D eigenvalue weighted by atomic mass is 9.48. The van der Waals surface area contributed by atoms with Gasteiger partial charge in [-0.1, -0.05) is 13.8 Å². The van der Waals surface area contributed by atoms with Gasteiger partial charge in [0, 0.05) is 6.20 Å². The second kappa shape index (κ2) is 7.84. The first kappa shape index (κ1) is 22.4. The van der Waals surface area contributed by atoms with Crippen LogP contribution in [0.2, 0.25) is 0 Å². The van der Waals surface area contributed by atoms with Gasteiger partial charge in [0.2, 0.25) is 0 Å². The fourth-order valence-electron chi connectivity index (χ4n) is 9.25. The van der Waals surface area contributed by atoms with E-state index in [4.69, 9.17) is 5.26 Å². The van der Waals surface area contributed by atoms with Crippen LogP contribution < -0.4 is 0 Å². The Kier molecular flexibility index (Phi) is 5.49. The molecule has 32 heavy (non-hydrogen) atoms. The second-order valence-electron chi connectivity index (χ2n) is 12.3. The first-order valence-corrected chi connectivity index (χ1v) is 13.1. The van der Waals surface area contributed by atoms with E-state index >= 15 is 0 Å². The standard InChI is InChI=1S/C27H41N3O2/c1-4-27(32)12-10-20-19(13-27)5-6-22-21(20)9-11-25(2)23(22)7-8-24(25)26(3,31)17-30-16-18(14-28)15-29-30/h15-16,19-24,31-32H,4-13,17H2,1-3H3/t19-,20+,21-,22-,23+,24?,25+,26?,27-/m1/s1. The molecule has 4 fully saturated rings. The Morgan fingerprint density at radius 1 is 1.16 bits per heavy atom. The lowest BCUT2D eigenvalue weighted by Gasteiger charge is -2.58. The number of nitriles is 1. The van der Waals surface area contributed by atoms with Gasteiger partial charge in [0.05, 0.1) is 29.5 Å². The zero-order chi connectivity index (χ0) is 22.7. The molecule has 4 aliphatic carbocycles. The maximum absolute atomic E-state index is 11.7. The molecule has 1 aromatic heterocycles. The molecule has 0 radical (unpaired) electrons. The van der Waals surface area contributed by atoms with Crippen LogP contribution in [0.4, 0.5) is 0 Å². The minimum Gasteiger partial charge on any atom is -0.390 e. The van der Waals surface area contributed by atoms with Gasteiger partial charge >= 0.3 is 0 Å². The fourth-order valence-corrected chi connectivity index (χ4v) is 9.25. The van der Waals surface area contributed by atoms with Crippen molar-refractivity contribution in [2.75, 3.05) is 0 Å². The summed E-state index contributed by atoms with van der Waals surface area (Å²) in [7, 11) is 0. The number of hydrogen-bond acceptors (Lipinski definition) is 4. The summed E-state index contributed by atoms with van der Waals surface area (Å²) in [6.45, 7) is 7.06. The van der Waals surface area contributed by atoms with E-state index in [-0.39, 0.29) is 11.3 Å². The average molecular weight is 440 g/mol. The van der Waals surface area contributed by atoms with Gasteiger partial charge in [-0.05, 0) is 112 Å². The summed E-state index contributed by atoms with van der Waals surface area (Å²) in [6, 6.07) is 2.14. The smallest absolute Gasteiger partial charge is 0.102 e. The summed E-state index contributed by atoms with van der Waals surface area (Å²) in [5, 5.41) is 36.0. The molecular weight excluding hydrogens is 398 g/mol. The summed E-state index contributed by atoms with van der Waals surface area (Å²) in [5.41, 5.74) is -0.501. The highest BCUT2D eigenvalue weighted by atomic mass is 16.3. The minimum atomic E-state index is -0.825. The van der Waals surface area contributed by atoms with Crippen LogP contribution >= 0.6 is 0 Å². The third-order valence-electron chi connectivity index (χ3n) is 10.8. The van der Waals surface area contributed by atoms with Crippen LogP contribution in [-0.2, 0) is 6.54 Å². The Labute approximate surface area is 193 Å². The average Bonchev–Trinajstić information content (AvgIpc) is 3.36. The molecule has 0 bridgehead atoms.